The van der Waals surface area contributed by atoms with E-state index in [1.54, 1.807) is 0 Å². The van der Waals surface area contributed by atoms with Gasteiger partial charge in [0.1, 0.15) is 12.2 Å². The number of nitro groups is 1. The van der Waals surface area contributed by atoms with Crippen LogP contribution in [-0.4, -0.2) is 18.0 Å². The molecule has 0 saturated heterocycles. The van der Waals surface area contributed by atoms with Crippen LogP contribution in [0.25, 0.3) is 0 Å². The second-order valence-electron chi connectivity index (χ2n) is 4.89. The van der Waals surface area contributed by atoms with Crippen LogP contribution in [0.3, 0.4) is 0 Å². The highest BCUT2D eigenvalue weighted by Gasteiger charge is 2.30. The number of nitrogens with zero attached hydrogens (tertiary/aromatic N) is 1. The molecule has 2 aromatic carbocycles. The Morgan fingerprint density at radius 3 is 2.32 bits per heavy atom. The van der Waals surface area contributed by atoms with Crippen molar-refractivity contribution in [3.8, 4) is 5.75 Å². The van der Waals surface area contributed by atoms with Crippen molar-refractivity contribution >= 4 is 11.7 Å². The zero-order chi connectivity index (χ0) is 18.6. The quantitative estimate of drug-likeness (QED) is 0.460. The highest BCUT2D eigenvalue weighted by atomic mass is 19.4. The van der Waals surface area contributed by atoms with Gasteiger partial charge in [-0.3, -0.25) is 10.1 Å². The van der Waals surface area contributed by atoms with Gasteiger partial charge in [0.25, 0.3) is 0 Å². The molecule has 0 bridgehead atoms. The molecular weight excluding hydrogens is 343 g/mol. The Bertz CT molecular complexity index is 787. The molecule has 0 amide bonds. The number of alkyl halides is 3. The molecule has 0 atom stereocenters. The maximum Gasteiger partial charge on any atom is 0.416 e. The summed E-state index contributed by atoms with van der Waals surface area (Å²) in [6, 6.07) is 7.87. The number of esters is 1. The lowest BCUT2D eigenvalue weighted by Crippen LogP contribution is -2.08. The van der Waals surface area contributed by atoms with Crippen molar-refractivity contribution in [2.45, 2.75) is 12.8 Å². The normalized spacial score (nSPS) is 11.0. The molecule has 0 aliphatic carbocycles. The minimum Gasteiger partial charge on any atom is -0.481 e. The summed E-state index contributed by atoms with van der Waals surface area (Å²) in [6.07, 6.45) is -4.46. The molecule has 0 N–H and O–H groups in total. The van der Waals surface area contributed by atoms with Crippen molar-refractivity contribution < 1.29 is 32.4 Å². The molecule has 0 spiro atoms. The van der Waals surface area contributed by atoms with Gasteiger partial charge in [-0.05, 0) is 23.8 Å². The number of carbonyl (C=O) groups is 1. The predicted molar refractivity (Wildman–Crippen MR) is 80.2 cm³/mol. The third-order valence-corrected chi connectivity index (χ3v) is 3.26. The van der Waals surface area contributed by atoms with Gasteiger partial charge in [-0.25, -0.2) is 4.79 Å². The smallest absolute Gasteiger partial charge is 0.416 e. The Morgan fingerprint density at radius 2 is 1.80 bits per heavy atom. The first-order valence-corrected chi connectivity index (χ1v) is 6.88. The number of halogens is 3. The van der Waals surface area contributed by atoms with Gasteiger partial charge in [-0.15, -0.1) is 0 Å². The second kappa shape index (κ2) is 7.20. The number of nitro benzene ring substituents is 1. The number of benzene rings is 2. The van der Waals surface area contributed by atoms with Crippen molar-refractivity contribution in [3.63, 3.8) is 0 Å². The van der Waals surface area contributed by atoms with Gasteiger partial charge in [0.2, 0.25) is 5.75 Å². The molecule has 0 aromatic heterocycles. The van der Waals surface area contributed by atoms with Gasteiger partial charge in [0.05, 0.1) is 17.6 Å². The molecular formula is C16H12F3NO5. The van der Waals surface area contributed by atoms with Gasteiger partial charge >= 0.3 is 17.8 Å². The minimum atomic E-state index is -4.46. The van der Waals surface area contributed by atoms with Gasteiger partial charge < -0.3 is 9.47 Å². The molecule has 25 heavy (non-hydrogen) atoms. The average molecular weight is 355 g/mol. The lowest BCUT2D eigenvalue weighted by Gasteiger charge is -2.11. The molecule has 0 saturated carbocycles. The van der Waals surface area contributed by atoms with Crippen LogP contribution in [0, 0.1) is 10.1 Å². The fourth-order valence-corrected chi connectivity index (χ4v) is 2.04. The van der Waals surface area contributed by atoms with Crippen LogP contribution in [0.4, 0.5) is 18.9 Å². The molecule has 0 fully saturated rings. The van der Waals surface area contributed by atoms with Crippen LogP contribution >= 0.6 is 0 Å². The van der Waals surface area contributed by atoms with Crippen LogP contribution in [0.1, 0.15) is 21.5 Å². The molecule has 0 aliphatic rings. The highest BCUT2D eigenvalue weighted by Crippen LogP contribution is 2.33. The summed E-state index contributed by atoms with van der Waals surface area (Å²) in [5.41, 5.74) is -1.07. The van der Waals surface area contributed by atoms with Crippen molar-refractivity contribution in [1.82, 2.24) is 0 Å². The van der Waals surface area contributed by atoms with E-state index in [9.17, 15) is 28.1 Å². The number of ether oxygens (including phenoxy) is 2. The average Bonchev–Trinajstić information content (AvgIpc) is 2.58. The number of rotatable bonds is 5. The first-order chi connectivity index (χ1) is 11.7. The number of hydrogen-bond acceptors (Lipinski definition) is 5. The van der Waals surface area contributed by atoms with E-state index in [0.29, 0.717) is 5.56 Å². The molecule has 6 nitrogen and oxygen atoms in total. The largest absolute Gasteiger partial charge is 0.481 e. The van der Waals surface area contributed by atoms with Crippen LogP contribution in [0.2, 0.25) is 0 Å². The first-order valence-electron chi connectivity index (χ1n) is 6.88. The number of carbonyl (C=O) groups excluding carboxylic acids is 1. The van der Waals surface area contributed by atoms with Crippen LogP contribution < -0.4 is 4.74 Å². The maximum absolute atomic E-state index is 12.5. The zero-order valence-corrected chi connectivity index (χ0v) is 12.9. The summed E-state index contributed by atoms with van der Waals surface area (Å²) >= 11 is 0. The van der Waals surface area contributed by atoms with E-state index in [-0.39, 0.29) is 17.9 Å². The molecule has 2 rings (SSSR count). The van der Waals surface area contributed by atoms with E-state index in [0.717, 1.165) is 25.3 Å². The Labute approximate surface area is 139 Å². The van der Waals surface area contributed by atoms with Crippen molar-refractivity contribution in [2.75, 3.05) is 7.11 Å². The summed E-state index contributed by atoms with van der Waals surface area (Å²) in [4.78, 5) is 22.1. The fourth-order valence-electron chi connectivity index (χ4n) is 2.04. The van der Waals surface area contributed by atoms with Crippen LogP contribution in [-0.2, 0) is 17.5 Å². The number of methoxy groups -OCH3 is 1. The summed E-state index contributed by atoms with van der Waals surface area (Å²) < 4.78 is 47.5. The van der Waals surface area contributed by atoms with Crippen LogP contribution in [0.5, 0.6) is 5.75 Å². The van der Waals surface area contributed by atoms with Crippen LogP contribution in [0.15, 0.2) is 42.5 Å². The fraction of sp³-hybridized carbons (Fsp3) is 0.188. The Kier molecular flexibility index (Phi) is 5.26. The van der Waals surface area contributed by atoms with Gasteiger partial charge in [-0.2, -0.15) is 13.2 Å². The van der Waals surface area contributed by atoms with E-state index in [1.807, 2.05) is 0 Å². The summed E-state index contributed by atoms with van der Waals surface area (Å²) in [5.74, 6) is -1.13. The van der Waals surface area contributed by atoms with E-state index >= 15 is 0 Å². The van der Waals surface area contributed by atoms with Crippen molar-refractivity contribution in [2.24, 2.45) is 0 Å². The van der Waals surface area contributed by atoms with Crippen molar-refractivity contribution in [1.29, 1.82) is 0 Å². The van der Waals surface area contributed by atoms with E-state index < -0.39 is 28.3 Å². The molecule has 0 unspecified atom stereocenters. The number of para-hydroxylation sites is 1. The highest BCUT2D eigenvalue weighted by molar-refractivity contribution is 5.94. The molecule has 0 radical (unpaired) electrons. The van der Waals surface area contributed by atoms with E-state index in [2.05, 4.69) is 4.74 Å². The molecule has 9 heteroatoms. The van der Waals surface area contributed by atoms with Gasteiger partial charge in [0.15, 0.2) is 0 Å². The number of hydrogen-bond donors (Lipinski definition) is 0. The summed E-state index contributed by atoms with van der Waals surface area (Å²) in [6.45, 7) is -0.257. The first kappa shape index (κ1) is 18.2. The Hall–Kier alpha value is -3.10. The maximum atomic E-state index is 12.5. The van der Waals surface area contributed by atoms with Crippen molar-refractivity contribution in [3.05, 3.63) is 69.3 Å². The third-order valence-electron chi connectivity index (χ3n) is 3.26. The second-order valence-corrected chi connectivity index (χ2v) is 4.89. The van der Waals surface area contributed by atoms with E-state index in [1.165, 1.54) is 24.3 Å². The lowest BCUT2D eigenvalue weighted by molar-refractivity contribution is -0.386. The standard InChI is InChI=1S/C16H12F3NO5/c1-24-15(21)12-3-2-4-13(20(22)23)14(12)25-9-10-5-7-11(8-6-10)16(17,18)19/h2-8H,9H2,1H3. The summed E-state index contributed by atoms with van der Waals surface area (Å²) in [5, 5.41) is 11.1. The predicted octanol–water partition coefficient (Wildman–Crippen LogP) is 3.98. The Balaban J connectivity index is 2.27. The topological polar surface area (TPSA) is 78.7 Å². The third kappa shape index (κ3) is 4.25. The lowest BCUT2D eigenvalue weighted by atomic mass is 10.1. The molecule has 0 aliphatic heterocycles. The molecule has 132 valence electrons. The SMILES string of the molecule is COC(=O)c1cccc([N+](=O)[O-])c1OCc1ccc(C(F)(F)F)cc1. The van der Waals surface area contributed by atoms with Gasteiger partial charge in [0, 0.05) is 6.07 Å². The molecule has 2 aromatic rings. The Morgan fingerprint density at radius 1 is 1.16 bits per heavy atom. The van der Waals surface area contributed by atoms with Gasteiger partial charge in [-0.1, -0.05) is 18.2 Å². The zero-order valence-electron chi connectivity index (χ0n) is 12.9. The molecule has 0 heterocycles. The van der Waals surface area contributed by atoms with E-state index in [4.69, 9.17) is 4.74 Å². The summed E-state index contributed by atoms with van der Waals surface area (Å²) in [7, 11) is 1.11. The minimum absolute atomic E-state index is 0.149. The monoisotopic (exact) mass is 355 g/mol.